The molecule has 2 fully saturated rings. The van der Waals surface area contributed by atoms with E-state index < -0.39 is 0 Å². The molecule has 156 valence electrons. The Bertz CT molecular complexity index is 645. The molecule has 2 aliphatic rings. The number of hydrogen-bond acceptors (Lipinski definition) is 5. The van der Waals surface area contributed by atoms with E-state index in [1.54, 1.807) is 19.3 Å². The van der Waals surface area contributed by atoms with Gasteiger partial charge in [-0.3, -0.25) is 9.89 Å². The Labute approximate surface area is 168 Å². The zero-order valence-electron chi connectivity index (χ0n) is 17.4. The highest BCUT2D eigenvalue weighted by atomic mass is 19.1. The zero-order valence-corrected chi connectivity index (χ0v) is 17.4. The van der Waals surface area contributed by atoms with E-state index in [1.807, 2.05) is 4.90 Å². The van der Waals surface area contributed by atoms with E-state index in [0.29, 0.717) is 11.9 Å². The molecule has 2 atom stereocenters. The van der Waals surface area contributed by atoms with Crippen LogP contribution in [0.4, 0.5) is 10.2 Å². The SMILES string of the molecule is CCN1CCN(C(C)CNC(=NC)NC2CCN(c3ncccc3F)C2)CC1. The predicted molar refractivity (Wildman–Crippen MR) is 112 cm³/mol. The van der Waals surface area contributed by atoms with Crippen LogP contribution in [-0.2, 0) is 0 Å². The molecule has 0 radical (unpaired) electrons. The molecule has 3 heterocycles. The van der Waals surface area contributed by atoms with Gasteiger partial charge < -0.3 is 20.4 Å². The minimum Gasteiger partial charge on any atom is -0.355 e. The van der Waals surface area contributed by atoms with Crippen LogP contribution in [0.2, 0.25) is 0 Å². The van der Waals surface area contributed by atoms with Gasteiger partial charge in [0.1, 0.15) is 0 Å². The standard InChI is InChI=1S/C20H34FN7/c1-4-26-10-12-27(13-11-26)16(2)14-24-20(22-3)25-17-7-9-28(15-17)19-18(21)6-5-8-23-19/h5-6,8,16-17H,4,7,9-15H2,1-3H3,(H2,22,24,25). The van der Waals surface area contributed by atoms with E-state index in [4.69, 9.17) is 0 Å². The quantitative estimate of drug-likeness (QED) is 0.557. The number of pyridine rings is 1. The van der Waals surface area contributed by atoms with Crippen molar-refractivity contribution in [2.75, 3.05) is 64.3 Å². The molecule has 2 unspecified atom stereocenters. The van der Waals surface area contributed by atoms with Gasteiger partial charge in [0.15, 0.2) is 17.6 Å². The zero-order chi connectivity index (χ0) is 19.9. The highest BCUT2D eigenvalue weighted by Gasteiger charge is 2.26. The maximum absolute atomic E-state index is 14.0. The number of nitrogens with zero attached hydrogens (tertiary/aromatic N) is 5. The Balaban J connectivity index is 1.43. The molecule has 28 heavy (non-hydrogen) atoms. The van der Waals surface area contributed by atoms with Crippen molar-refractivity contribution in [3.63, 3.8) is 0 Å². The maximum Gasteiger partial charge on any atom is 0.191 e. The normalized spacial score (nSPS) is 23.1. The molecule has 1 aromatic heterocycles. The number of piperazine rings is 1. The van der Waals surface area contributed by atoms with Gasteiger partial charge in [-0.05, 0) is 32.0 Å². The van der Waals surface area contributed by atoms with Crippen LogP contribution >= 0.6 is 0 Å². The first kappa shape index (κ1) is 20.8. The lowest BCUT2D eigenvalue weighted by atomic mass is 10.2. The molecule has 2 aliphatic heterocycles. The van der Waals surface area contributed by atoms with E-state index in [1.165, 1.54) is 6.07 Å². The number of aromatic nitrogens is 1. The molecule has 0 saturated carbocycles. The Kier molecular flexibility index (Phi) is 7.44. The number of aliphatic imine (C=N–C) groups is 1. The third kappa shape index (κ3) is 5.32. The fourth-order valence-corrected chi connectivity index (χ4v) is 3.96. The Morgan fingerprint density at radius 1 is 1.32 bits per heavy atom. The number of anilines is 1. The Hall–Kier alpha value is -1.93. The number of likely N-dealkylation sites (N-methyl/N-ethyl adjacent to an activating group) is 1. The van der Waals surface area contributed by atoms with Crippen molar-refractivity contribution >= 4 is 11.8 Å². The summed E-state index contributed by atoms with van der Waals surface area (Å²) in [6.07, 6.45) is 2.58. The summed E-state index contributed by atoms with van der Waals surface area (Å²) in [7, 11) is 1.80. The van der Waals surface area contributed by atoms with Gasteiger partial charge in [-0.25, -0.2) is 9.37 Å². The monoisotopic (exact) mass is 391 g/mol. The highest BCUT2D eigenvalue weighted by Crippen LogP contribution is 2.20. The van der Waals surface area contributed by atoms with E-state index in [-0.39, 0.29) is 11.9 Å². The van der Waals surface area contributed by atoms with Crippen molar-refractivity contribution in [3.8, 4) is 0 Å². The molecule has 0 spiro atoms. The number of nitrogens with one attached hydrogen (secondary N) is 2. The minimum absolute atomic E-state index is 0.232. The van der Waals surface area contributed by atoms with Crippen LogP contribution in [0.3, 0.4) is 0 Å². The van der Waals surface area contributed by atoms with Gasteiger partial charge in [-0.15, -0.1) is 0 Å². The molecule has 2 saturated heterocycles. The van der Waals surface area contributed by atoms with Crippen LogP contribution in [0, 0.1) is 5.82 Å². The van der Waals surface area contributed by atoms with E-state index in [0.717, 1.165) is 64.7 Å². The van der Waals surface area contributed by atoms with Crippen LogP contribution < -0.4 is 15.5 Å². The lowest BCUT2D eigenvalue weighted by Crippen LogP contribution is -2.53. The summed E-state index contributed by atoms with van der Waals surface area (Å²) in [5.41, 5.74) is 0. The van der Waals surface area contributed by atoms with Gasteiger partial charge in [-0.2, -0.15) is 0 Å². The van der Waals surface area contributed by atoms with E-state index in [9.17, 15) is 4.39 Å². The van der Waals surface area contributed by atoms with Crippen LogP contribution in [0.5, 0.6) is 0 Å². The third-order valence-electron chi connectivity index (χ3n) is 5.83. The first-order chi connectivity index (χ1) is 13.6. The van der Waals surface area contributed by atoms with Gasteiger partial charge in [0.05, 0.1) is 0 Å². The molecule has 0 aromatic carbocycles. The summed E-state index contributed by atoms with van der Waals surface area (Å²) < 4.78 is 14.0. The lowest BCUT2D eigenvalue weighted by molar-refractivity contribution is 0.107. The lowest BCUT2D eigenvalue weighted by Gasteiger charge is -2.37. The molecule has 3 rings (SSSR count). The maximum atomic E-state index is 14.0. The second kappa shape index (κ2) is 10.0. The fraction of sp³-hybridized carbons (Fsp3) is 0.700. The van der Waals surface area contributed by atoms with Gasteiger partial charge in [0.2, 0.25) is 0 Å². The molecule has 7 nitrogen and oxygen atoms in total. The van der Waals surface area contributed by atoms with Gasteiger partial charge in [-0.1, -0.05) is 6.92 Å². The summed E-state index contributed by atoms with van der Waals surface area (Å²) in [6.45, 7) is 12.5. The number of rotatable bonds is 6. The van der Waals surface area contributed by atoms with Crippen molar-refractivity contribution in [2.45, 2.75) is 32.4 Å². The first-order valence-electron chi connectivity index (χ1n) is 10.4. The van der Waals surface area contributed by atoms with Crippen molar-refractivity contribution in [3.05, 3.63) is 24.1 Å². The van der Waals surface area contributed by atoms with Crippen molar-refractivity contribution in [1.82, 2.24) is 25.4 Å². The highest BCUT2D eigenvalue weighted by molar-refractivity contribution is 5.80. The van der Waals surface area contributed by atoms with Crippen LogP contribution in [0.1, 0.15) is 20.3 Å². The van der Waals surface area contributed by atoms with Crippen molar-refractivity contribution in [1.29, 1.82) is 0 Å². The van der Waals surface area contributed by atoms with Crippen LogP contribution in [0.15, 0.2) is 23.3 Å². The summed E-state index contributed by atoms with van der Waals surface area (Å²) in [4.78, 5) is 15.6. The van der Waals surface area contributed by atoms with Gasteiger partial charge >= 0.3 is 0 Å². The smallest absolute Gasteiger partial charge is 0.191 e. The predicted octanol–water partition coefficient (Wildman–Crippen LogP) is 0.990. The van der Waals surface area contributed by atoms with Gasteiger partial charge in [0.25, 0.3) is 0 Å². The molecule has 0 bridgehead atoms. The third-order valence-corrected chi connectivity index (χ3v) is 5.83. The second-order valence-corrected chi connectivity index (χ2v) is 7.66. The molecule has 2 N–H and O–H groups in total. The van der Waals surface area contributed by atoms with Crippen LogP contribution in [-0.4, -0.2) is 92.2 Å². The molecular formula is C20H34FN7. The van der Waals surface area contributed by atoms with E-state index >= 15 is 0 Å². The molecule has 1 aromatic rings. The summed E-state index contributed by atoms with van der Waals surface area (Å²) in [6, 6.07) is 3.78. The number of guanidine groups is 1. The number of hydrogen-bond donors (Lipinski definition) is 2. The fourth-order valence-electron chi connectivity index (χ4n) is 3.96. The second-order valence-electron chi connectivity index (χ2n) is 7.66. The van der Waals surface area contributed by atoms with Crippen LogP contribution in [0.25, 0.3) is 0 Å². The molecule has 8 heteroatoms. The molecule has 0 aliphatic carbocycles. The summed E-state index contributed by atoms with van der Waals surface area (Å²) >= 11 is 0. The first-order valence-corrected chi connectivity index (χ1v) is 10.4. The minimum atomic E-state index is -0.261. The van der Waals surface area contributed by atoms with Crippen molar-refractivity contribution in [2.24, 2.45) is 4.99 Å². The van der Waals surface area contributed by atoms with Gasteiger partial charge in [0, 0.05) is 71.1 Å². The number of halogens is 1. The Morgan fingerprint density at radius 3 is 2.79 bits per heavy atom. The van der Waals surface area contributed by atoms with E-state index in [2.05, 4.69) is 44.3 Å². The van der Waals surface area contributed by atoms with Crippen molar-refractivity contribution < 1.29 is 4.39 Å². The summed E-state index contributed by atoms with van der Waals surface area (Å²) in [5, 5.41) is 6.94. The molecule has 0 amide bonds. The topological polar surface area (TPSA) is 59.0 Å². The molecular weight excluding hydrogens is 357 g/mol. The summed E-state index contributed by atoms with van der Waals surface area (Å²) in [5.74, 6) is 0.990. The average molecular weight is 392 g/mol. The Morgan fingerprint density at radius 2 is 2.11 bits per heavy atom. The average Bonchev–Trinajstić information content (AvgIpc) is 3.19. The largest absolute Gasteiger partial charge is 0.355 e.